The van der Waals surface area contributed by atoms with Gasteiger partial charge in [-0.15, -0.1) is 0 Å². The molecule has 1 N–H and O–H groups in total. The molecule has 1 unspecified atom stereocenters. The monoisotopic (exact) mass is 410 g/mol. The highest BCUT2D eigenvalue weighted by atomic mass is 35.5. The summed E-state index contributed by atoms with van der Waals surface area (Å²) in [6.45, 7) is 7.11. The number of rotatable bonds is 10. The Balaban J connectivity index is 2.16. The van der Waals surface area contributed by atoms with Gasteiger partial charge in [0.2, 0.25) is 0 Å². The molecule has 0 aliphatic heterocycles. The molecule has 0 bridgehead atoms. The van der Waals surface area contributed by atoms with E-state index in [2.05, 4.69) is 31.1 Å². The lowest BCUT2D eigenvalue weighted by Crippen LogP contribution is -2.40. The fourth-order valence-corrected chi connectivity index (χ4v) is 6.53. The van der Waals surface area contributed by atoms with E-state index in [-0.39, 0.29) is 19.1 Å². The van der Waals surface area contributed by atoms with E-state index in [0.29, 0.717) is 22.2 Å². The number of aromatic nitrogens is 1. The van der Waals surface area contributed by atoms with Gasteiger partial charge in [0.25, 0.3) is 5.92 Å². The minimum atomic E-state index is -2.52. The van der Waals surface area contributed by atoms with Crippen LogP contribution in [0.1, 0.15) is 38.9 Å². The number of nitrogens with zero attached hydrogens (tertiary/aromatic N) is 1. The first kappa shape index (κ1) is 21.0. The summed E-state index contributed by atoms with van der Waals surface area (Å²) in [7, 11) is -1.92. The van der Waals surface area contributed by atoms with Gasteiger partial charge in [0, 0.05) is 43.4 Å². The highest BCUT2D eigenvalue weighted by Gasteiger charge is 2.56. The number of alkyl halides is 2. The van der Waals surface area contributed by atoms with Crippen LogP contribution < -0.4 is 5.32 Å². The molecule has 0 radical (unpaired) electrons. The predicted molar refractivity (Wildman–Crippen MR) is 101 cm³/mol. The van der Waals surface area contributed by atoms with Crippen molar-refractivity contribution in [3.05, 3.63) is 28.0 Å². The van der Waals surface area contributed by atoms with Gasteiger partial charge in [0.1, 0.15) is 0 Å². The van der Waals surface area contributed by atoms with E-state index in [1.54, 1.807) is 12.4 Å². The molecule has 0 spiro atoms. The fourth-order valence-electron chi connectivity index (χ4n) is 3.11. The molecule has 1 fully saturated rings. The van der Waals surface area contributed by atoms with Crippen molar-refractivity contribution in [2.24, 2.45) is 5.92 Å². The molecule has 1 aromatic heterocycles. The van der Waals surface area contributed by atoms with Crippen molar-refractivity contribution < 1.29 is 13.2 Å². The van der Waals surface area contributed by atoms with Crippen LogP contribution in [0.4, 0.5) is 8.78 Å². The maximum Gasteiger partial charge on any atom is 0.252 e. The zero-order valence-corrected chi connectivity index (χ0v) is 17.4. The Hall–Kier alpha value is -0.273. The second-order valence-corrected chi connectivity index (χ2v) is 12.2. The maximum absolute atomic E-state index is 13.1. The van der Waals surface area contributed by atoms with Gasteiger partial charge in [-0.25, -0.2) is 8.78 Å². The molecular formula is C17H26Cl2F2N2OSi. The molecule has 142 valence electrons. The van der Waals surface area contributed by atoms with E-state index in [1.165, 1.54) is 0 Å². The Morgan fingerprint density at radius 1 is 1.24 bits per heavy atom. The van der Waals surface area contributed by atoms with Crippen LogP contribution >= 0.6 is 23.2 Å². The lowest BCUT2D eigenvalue weighted by molar-refractivity contribution is 0.0972. The molecule has 1 heterocycles. The summed E-state index contributed by atoms with van der Waals surface area (Å²) in [4.78, 5) is 3.99. The van der Waals surface area contributed by atoms with Crippen molar-refractivity contribution in [3.63, 3.8) is 0 Å². The van der Waals surface area contributed by atoms with Crippen molar-refractivity contribution in [1.82, 2.24) is 10.3 Å². The van der Waals surface area contributed by atoms with Crippen molar-refractivity contribution in [3.8, 4) is 0 Å². The van der Waals surface area contributed by atoms with Gasteiger partial charge in [-0.2, -0.15) is 0 Å². The lowest BCUT2D eigenvalue weighted by Gasteiger charge is -2.34. The average molecular weight is 411 g/mol. The number of nitrogens with one attached hydrogen (secondary N) is 1. The number of halogens is 4. The van der Waals surface area contributed by atoms with Crippen LogP contribution in [0.15, 0.2) is 12.4 Å². The summed E-state index contributed by atoms with van der Waals surface area (Å²) in [5.41, 5.74) is 0.695. The van der Waals surface area contributed by atoms with Gasteiger partial charge < -0.3 is 9.74 Å². The van der Waals surface area contributed by atoms with Gasteiger partial charge in [0.05, 0.1) is 16.1 Å². The summed E-state index contributed by atoms with van der Waals surface area (Å²) < 4.78 is 32.8. The fraction of sp³-hybridized carbons (Fsp3) is 0.706. The maximum atomic E-state index is 13.1. The summed E-state index contributed by atoms with van der Waals surface area (Å²) >= 11 is 12.6. The summed E-state index contributed by atoms with van der Waals surface area (Å²) in [5, 5.41) is 4.02. The zero-order valence-electron chi connectivity index (χ0n) is 14.9. The summed E-state index contributed by atoms with van der Waals surface area (Å²) in [6, 6.07) is 2.95. The van der Waals surface area contributed by atoms with Gasteiger partial charge in [0.15, 0.2) is 8.32 Å². The Labute approximate surface area is 159 Å². The molecule has 1 aromatic rings. The smallest absolute Gasteiger partial charge is 0.252 e. The van der Waals surface area contributed by atoms with E-state index in [4.69, 9.17) is 27.6 Å². The standard InChI is InChI=1S/C17H26Cl2F2N2OSi/c1-4-25(5-2,6-3)24-15(11-22-8-12-7-17(12,20)21)16-13(18)9-23-10-14(16)19/h9-10,12,15,22H,4-8,11H2,1-3H3/t12-,15?/m0/s1. The molecule has 0 amide bonds. The number of pyridine rings is 1. The average Bonchev–Trinajstić information content (AvgIpc) is 3.19. The van der Waals surface area contributed by atoms with Crippen LogP contribution in [0.3, 0.4) is 0 Å². The summed E-state index contributed by atoms with van der Waals surface area (Å²) in [5.74, 6) is -3.11. The van der Waals surface area contributed by atoms with Gasteiger partial charge in [-0.3, -0.25) is 4.98 Å². The Morgan fingerprint density at radius 3 is 2.20 bits per heavy atom. The first-order chi connectivity index (χ1) is 11.8. The third-order valence-corrected chi connectivity index (χ3v) is 10.5. The predicted octanol–water partition coefficient (Wildman–Crippen LogP) is 5.70. The second-order valence-electron chi connectivity index (χ2n) is 6.69. The quantitative estimate of drug-likeness (QED) is 0.502. The molecule has 2 rings (SSSR count). The molecule has 1 aliphatic rings. The van der Waals surface area contributed by atoms with E-state index >= 15 is 0 Å². The van der Waals surface area contributed by atoms with Crippen LogP contribution in [0.25, 0.3) is 0 Å². The lowest BCUT2D eigenvalue weighted by atomic mass is 10.1. The highest BCUT2D eigenvalue weighted by Crippen LogP contribution is 2.48. The first-order valence-electron chi connectivity index (χ1n) is 8.83. The number of hydrogen-bond acceptors (Lipinski definition) is 3. The van der Waals surface area contributed by atoms with Crippen LogP contribution in [-0.2, 0) is 4.43 Å². The molecule has 1 saturated carbocycles. The molecule has 3 nitrogen and oxygen atoms in total. The minimum absolute atomic E-state index is 0.0418. The van der Waals surface area contributed by atoms with Gasteiger partial charge in [-0.05, 0) is 18.1 Å². The zero-order chi connectivity index (χ0) is 18.7. The molecule has 2 atom stereocenters. The van der Waals surface area contributed by atoms with Gasteiger partial charge in [-0.1, -0.05) is 44.0 Å². The Bertz CT molecular complexity index is 559. The molecule has 25 heavy (non-hydrogen) atoms. The normalized spacial score (nSPS) is 20.5. The SMILES string of the molecule is CC[Si](CC)(CC)OC(CNC[C@@H]1CC1(F)F)c1c(Cl)cncc1Cl. The Kier molecular flexibility index (Phi) is 7.24. The number of hydrogen-bond donors (Lipinski definition) is 1. The van der Waals surface area contributed by atoms with Crippen LogP contribution in [-0.4, -0.2) is 32.3 Å². The molecule has 0 saturated heterocycles. The second kappa shape index (κ2) is 8.61. The Morgan fingerprint density at radius 2 is 1.76 bits per heavy atom. The van der Waals surface area contributed by atoms with Gasteiger partial charge >= 0.3 is 0 Å². The molecule has 8 heteroatoms. The van der Waals surface area contributed by atoms with E-state index in [9.17, 15) is 8.78 Å². The van der Waals surface area contributed by atoms with Crippen molar-refractivity contribution in [2.75, 3.05) is 13.1 Å². The van der Waals surface area contributed by atoms with E-state index in [1.807, 2.05) is 0 Å². The van der Waals surface area contributed by atoms with Crippen molar-refractivity contribution in [2.45, 2.75) is 57.4 Å². The third kappa shape index (κ3) is 5.13. The third-order valence-electron chi connectivity index (χ3n) is 5.21. The van der Waals surface area contributed by atoms with Crippen LogP contribution in [0, 0.1) is 5.92 Å². The summed E-state index contributed by atoms with van der Waals surface area (Å²) in [6.07, 6.45) is 2.68. The largest absolute Gasteiger partial charge is 0.409 e. The topological polar surface area (TPSA) is 34.1 Å². The molecule has 0 aromatic carbocycles. The van der Waals surface area contributed by atoms with Crippen LogP contribution in [0.2, 0.25) is 28.2 Å². The minimum Gasteiger partial charge on any atom is -0.409 e. The molecule has 1 aliphatic carbocycles. The van der Waals surface area contributed by atoms with E-state index < -0.39 is 20.2 Å². The first-order valence-corrected chi connectivity index (χ1v) is 12.1. The highest BCUT2D eigenvalue weighted by molar-refractivity contribution is 6.73. The van der Waals surface area contributed by atoms with E-state index in [0.717, 1.165) is 18.1 Å². The molecular weight excluding hydrogens is 385 g/mol. The van der Waals surface area contributed by atoms with Crippen molar-refractivity contribution >= 4 is 31.5 Å². The van der Waals surface area contributed by atoms with Crippen LogP contribution in [0.5, 0.6) is 0 Å². The van der Waals surface area contributed by atoms with Crippen molar-refractivity contribution in [1.29, 1.82) is 0 Å².